The Balaban J connectivity index is 2.10. The van der Waals surface area contributed by atoms with Gasteiger partial charge in [0.25, 0.3) is 0 Å². The molecule has 0 amide bonds. The van der Waals surface area contributed by atoms with E-state index >= 15 is 0 Å². The van der Waals surface area contributed by atoms with Gasteiger partial charge in [-0.3, -0.25) is 0 Å². The molecule has 1 aromatic rings. The van der Waals surface area contributed by atoms with E-state index in [2.05, 4.69) is 13.8 Å². The second kappa shape index (κ2) is 4.01. The first-order valence-corrected chi connectivity index (χ1v) is 5.90. The number of hydrogen-bond donors (Lipinski definition) is 1. The molecular weight excluding hydrogens is 227 g/mol. The Morgan fingerprint density at radius 1 is 1.56 bits per heavy atom. The van der Waals surface area contributed by atoms with E-state index in [9.17, 15) is 9.50 Å². The highest BCUT2D eigenvalue weighted by molar-refractivity contribution is 6.31. The molecule has 0 aliphatic heterocycles. The first kappa shape index (κ1) is 11.9. The van der Waals surface area contributed by atoms with Crippen LogP contribution < -0.4 is 0 Å². The van der Waals surface area contributed by atoms with Crippen LogP contribution >= 0.6 is 11.6 Å². The molecule has 2 atom stereocenters. The van der Waals surface area contributed by atoms with E-state index in [0.29, 0.717) is 17.0 Å². The van der Waals surface area contributed by atoms with Crippen LogP contribution in [0.1, 0.15) is 25.8 Å². The predicted molar refractivity (Wildman–Crippen MR) is 63.0 cm³/mol. The lowest BCUT2D eigenvalue weighted by atomic mass is 9.99. The Labute approximate surface area is 100 Å². The highest BCUT2D eigenvalue weighted by Gasteiger charge is 2.49. The molecule has 0 heterocycles. The van der Waals surface area contributed by atoms with E-state index in [0.717, 1.165) is 6.42 Å². The van der Waals surface area contributed by atoms with Crippen LogP contribution in [0.15, 0.2) is 18.2 Å². The zero-order chi connectivity index (χ0) is 11.9. The van der Waals surface area contributed by atoms with Gasteiger partial charge in [0, 0.05) is 17.0 Å². The molecule has 88 valence electrons. The summed E-state index contributed by atoms with van der Waals surface area (Å²) in [6.45, 7) is 4.23. The third-order valence-corrected chi connectivity index (χ3v) is 3.88. The van der Waals surface area contributed by atoms with Crippen molar-refractivity contribution in [2.45, 2.75) is 32.8 Å². The van der Waals surface area contributed by atoms with Crippen molar-refractivity contribution in [3.8, 4) is 0 Å². The summed E-state index contributed by atoms with van der Waals surface area (Å²) in [7, 11) is 0. The van der Waals surface area contributed by atoms with Gasteiger partial charge in [-0.05, 0) is 29.9 Å². The molecule has 0 aromatic heterocycles. The van der Waals surface area contributed by atoms with E-state index in [1.807, 2.05) is 0 Å². The van der Waals surface area contributed by atoms with Crippen LogP contribution in [0.2, 0.25) is 5.02 Å². The van der Waals surface area contributed by atoms with Crippen LogP contribution in [0.4, 0.5) is 4.39 Å². The van der Waals surface area contributed by atoms with Gasteiger partial charge in [0.05, 0.1) is 6.10 Å². The van der Waals surface area contributed by atoms with Gasteiger partial charge >= 0.3 is 0 Å². The molecule has 1 saturated carbocycles. The number of hydrogen-bond acceptors (Lipinski definition) is 1. The molecule has 1 N–H and O–H groups in total. The molecule has 1 fully saturated rings. The SMILES string of the molecule is CC1(C)CC1C(O)Cc1c(F)cccc1Cl. The van der Waals surface area contributed by atoms with Gasteiger partial charge in [-0.2, -0.15) is 0 Å². The van der Waals surface area contributed by atoms with Gasteiger partial charge < -0.3 is 5.11 Å². The lowest BCUT2D eigenvalue weighted by molar-refractivity contribution is 0.136. The molecule has 0 radical (unpaired) electrons. The number of aliphatic hydroxyl groups excluding tert-OH is 1. The maximum absolute atomic E-state index is 13.5. The van der Waals surface area contributed by atoms with Gasteiger partial charge in [-0.15, -0.1) is 0 Å². The molecule has 1 nitrogen and oxygen atoms in total. The molecule has 0 saturated heterocycles. The standard InChI is InChI=1S/C13H16ClFO/c1-13(2)7-9(13)12(16)6-8-10(14)4-3-5-11(8)15/h3-5,9,12,16H,6-7H2,1-2H3. The fraction of sp³-hybridized carbons (Fsp3) is 0.538. The minimum Gasteiger partial charge on any atom is -0.392 e. The summed E-state index contributed by atoms with van der Waals surface area (Å²) in [4.78, 5) is 0. The fourth-order valence-corrected chi connectivity index (χ4v) is 2.48. The van der Waals surface area contributed by atoms with Crippen LogP contribution in [0.3, 0.4) is 0 Å². The quantitative estimate of drug-likeness (QED) is 0.861. The van der Waals surface area contributed by atoms with E-state index in [4.69, 9.17) is 11.6 Å². The molecule has 1 aliphatic rings. The number of halogens is 2. The van der Waals surface area contributed by atoms with Gasteiger partial charge in [-0.25, -0.2) is 4.39 Å². The highest BCUT2D eigenvalue weighted by Crippen LogP contribution is 2.54. The van der Waals surface area contributed by atoms with Gasteiger partial charge in [0.15, 0.2) is 0 Å². The second-order valence-corrected chi connectivity index (χ2v) is 5.68. The Morgan fingerprint density at radius 3 is 2.69 bits per heavy atom. The third kappa shape index (κ3) is 2.23. The number of aliphatic hydroxyl groups is 1. The topological polar surface area (TPSA) is 20.2 Å². The van der Waals surface area contributed by atoms with Gasteiger partial charge in [0.1, 0.15) is 5.82 Å². The average molecular weight is 243 g/mol. The maximum Gasteiger partial charge on any atom is 0.127 e. The Hall–Kier alpha value is -0.600. The molecule has 2 unspecified atom stereocenters. The lowest BCUT2D eigenvalue weighted by Gasteiger charge is -2.14. The average Bonchev–Trinajstić information content (AvgIpc) is 2.82. The summed E-state index contributed by atoms with van der Waals surface area (Å²) >= 11 is 5.92. The summed E-state index contributed by atoms with van der Waals surface area (Å²) in [5, 5.41) is 10.4. The first-order valence-electron chi connectivity index (χ1n) is 5.53. The van der Waals surface area contributed by atoms with Crippen molar-refractivity contribution in [3.05, 3.63) is 34.6 Å². The summed E-state index contributed by atoms with van der Waals surface area (Å²) in [5.74, 6) is -0.0619. The molecule has 16 heavy (non-hydrogen) atoms. The van der Waals surface area contributed by atoms with Crippen LogP contribution in [0.5, 0.6) is 0 Å². The smallest absolute Gasteiger partial charge is 0.127 e. The molecule has 0 spiro atoms. The van der Waals surface area contributed by atoms with Gasteiger partial charge in [-0.1, -0.05) is 31.5 Å². The summed E-state index contributed by atoms with van der Waals surface area (Å²) in [5.41, 5.74) is 0.622. The molecule has 3 heteroatoms. The zero-order valence-corrected chi connectivity index (χ0v) is 10.3. The summed E-state index contributed by atoms with van der Waals surface area (Å²) in [6, 6.07) is 4.62. The Kier molecular flexibility index (Phi) is 2.97. The number of rotatable bonds is 3. The molecule has 1 aliphatic carbocycles. The third-order valence-electron chi connectivity index (χ3n) is 3.53. The monoisotopic (exact) mass is 242 g/mol. The second-order valence-electron chi connectivity index (χ2n) is 5.27. The van der Waals surface area contributed by atoms with Crippen molar-refractivity contribution in [2.24, 2.45) is 11.3 Å². The normalized spacial score (nSPS) is 24.2. The van der Waals surface area contributed by atoms with Crippen molar-refractivity contribution in [1.29, 1.82) is 0 Å². The van der Waals surface area contributed by atoms with Crippen LogP contribution in [-0.4, -0.2) is 11.2 Å². The highest BCUT2D eigenvalue weighted by atomic mass is 35.5. The van der Waals surface area contributed by atoms with E-state index in [-0.39, 0.29) is 17.2 Å². The van der Waals surface area contributed by atoms with Crippen LogP contribution in [0, 0.1) is 17.2 Å². The van der Waals surface area contributed by atoms with Crippen molar-refractivity contribution in [2.75, 3.05) is 0 Å². The molecule has 2 rings (SSSR count). The van der Waals surface area contributed by atoms with Crippen molar-refractivity contribution >= 4 is 11.6 Å². The fourth-order valence-electron chi connectivity index (χ4n) is 2.24. The molecular formula is C13H16ClFO. The van der Waals surface area contributed by atoms with E-state index < -0.39 is 6.10 Å². The largest absolute Gasteiger partial charge is 0.392 e. The zero-order valence-electron chi connectivity index (χ0n) is 9.50. The Bertz CT molecular complexity index is 383. The lowest BCUT2D eigenvalue weighted by Crippen LogP contribution is -2.17. The minimum absolute atomic E-state index is 0.192. The molecule has 1 aromatic carbocycles. The Morgan fingerprint density at radius 2 is 2.19 bits per heavy atom. The van der Waals surface area contributed by atoms with Gasteiger partial charge in [0.2, 0.25) is 0 Å². The molecule has 0 bridgehead atoms. The van der Waals surface area contributed by atoms with E-state index in [1.165, 1.54) is 6.07 Å². The van der Waals surface area contributed by atoms with E-state index in [1.54, 1.807) is 12.1 Å². The maximum atomic E-state index is 13.5. The van der Waals surface area contributed by atoms with Crippen molar-refractivity contribution < 1.29 is 9.50 Å². The van der Waals surface area contributed by atoms with Crippen LogP contribution in [0.25, 0.3) is 0 Å². The predicted octanol–water partition coefficient (Wildman–Crippen LogP) is 3.43. The first-order chi connectivity index (χ1) is 7.42. The summed E-state index contributed by atoms with van der Waals surface area (Å²) in [6.07, 6.45) is 0.809. The summed E-state index contributed by atoms with van der Waals surface area (Å²) < 4.78 is 13.5. The van der Waals surface area contributed by atoms with Crippen molar-refractivity contribution in [3.63, 3.8) is 0 Å². The van der Waals surface area contributed by atoms with Crippen molar-refractivity contribution in [1.82, 2.24) is 0 Å². The van der Waals surface area contributed by atoms with Crippen LogP contribution in [-0.2, 0) is 6.42 Å². The number of benzene rings is 1. The minimum atomic E-state index is -0.496.